The Morgan fingerprint density at radius 2 is 1.91 bits per heavy atom. The molecule has 2 amide bonds. The van der Waals surface area contributed by atoms with Gasteiger partial charge in [0.1, 0.15) is 11.3 Å². The summed E-state index contributed by atoms with van der Waals surface area (Å²) in [6.45, 7) is 7.05. The lowest BCUT2D eigenvalue weighted by Crippen LogP contribution is -2.52. The number of primary amides is 1. The Morgan fingerprint density at radius 1 is 1.18 bits per heavy atom. The molecule has 0 aliphatic carbocycles. The zero-order chi connectivity index (χ0) is 23.5. The molecule has 172 valence electrons. The number of carbonyl (C=O) groups is 3. The third-order valence-corrected chi connectivity index (χ3v) is 6.54. The van der Waals surface area contributed by atoms with Crippen molar-refractivity contribution in [1.82, 2.24) is 19.7 Å². The highest BCUT2D eigenvalue weighted by atomic mass is 16.5. The van der Waals surface area contributed by atoms with Gasteiger partial charge in [-0.15, -0.1) is 0 Å². The number of rotatable bonds is 2. The van der Waals surface area contributed by atoms with Crippen molar-refractivity contribution in [3.63, 3.8) is 0 Å². The van der Waals surface area contributed by atoms with E-state index in [1.54, 1.807) is 40.0 Å². The van der Waals surface area contributed by atoms with E-state index in [9.17, 15) is 14.4 Å². The Bertz CT molecular complexity index is 1290. The summed E-state index contributed by atoms with van der Waals surface area (Å²) in [5.41, 5.74) is 6.48. The molecule has 0 unspecified atom stereocenters. The second-order valence-corrected chi connectivity index (χ2v) is 9.98. The summed E-state index contributed by atoms with van der Waals surface area (Å²) in [5, 5.41) is 5.20. The van der Waals surface area contributed by atoms with E-state index in [1.807, 2.05) is 20.8 Å². The monoisotopic (exact) mass is 449 g/mol. The zero-order valence-corrected chi connectivity index (χ0v) is 19.0. The molecule has 2 aromatic heterocycles. The molecule has 3 aromatic rings. The van der Waals surface area contributed by atoms with E-state index in [2.05, 4.69) is 10.1 Å². The average Bonchev–Trinajstić information content (AvgIpc) is 3.37. The second kappa shape index (κ2) is 7.19. The summed E-state index contributed by atoms with van der Waals surface area (Å²) in [6.07, 6.45) is 3.22. The van der Waals surface area contributed by atoms with Crippen LogP contribution >= 0.6 is 0 Å². The van der Waals surface area contributed by atoms with Crippen LogP contribution in [0.15, 0.2) is 30.5 Å². The maximum Gasteiger partial charge on any atom is 0.265 e. The van der Waals surface area contributed by atoms with Crippen molar-refractivity contribution in [2.24, 2.45) is 5.73 Å². The maximum atomic E-state index is 13.1. The molecule has 1 saturated heterocycles. The number of Topliss-reactive ketones (excluding diaryl/α,β-unsaturated/α-hetero) is 1. The summed E-state index contributed by atoms with van der Waals surface area (Å²) in [7, 11) is 0. The van der Waals surface area contributed by atoms with Crippen LogP contribution in [0, 0.1) is 0 Å². The number of nitrogens with zero attached hydrogens (tertiary/aromatic N) is 3. The summed E-state index contributed by atoms with van der Waals surface area (Å²) in [5.74, 6) is -0.109. The van der Waals surface area contributed by atoms with Gasteiger partial charge >= 0.3 is 0 Å². The van der Waals surface area contributed by atoms with Crippen molar-refractivity contribution in [1.29, 1.82) is 0 Å². The lowest BCUT2D eigenvalue weighted by atomic mass is 9.83. The molecule has 1 fully saturated rings. The van der Waals surface area contributed by atoms with E-state index in [-0.39, 0.29) is 23.7 Å². The van der Waals surface area contributed by atoms with Gasteiger partial charge in [-0.2, -0.15) is 5.10 Å². The van der Waals surface area contributed by atoms with Gasteiger partial charge in [-0.05, 0) is 45.0 Å². The van der Waals surface area contributed by atoms with Crippen LogP contribution in [0.4, 0.5) is 0 Å². The molecular weight excluding hydrogens is 422 g/mol. The highest BCUT2D eigenvalue weighted by Gasteiger charge is 2.45. The second-order valence-electron chi connectivity index (χ2n) is 9.98. The number of likely N-dealkylation sites (tertiary alicyclic amines) is 1. The predicted molar refractivity (Wildman–Crippen MR) is 121 cm³/mol. The number of nitrogens with one attached hydrogen (secondary N) is 1. The minimum Gasteiger partial charge on any atom is -0.483 e. The molecule has 1 spiro atoms. The fourth-order valence-electron chi connectivity index (χ4n) is 4.59. The molecule has 9 nitrogen and oxygen atoms in total. The first kappa shape index (κ1) is 21.2. The van der Waals surface area contributed by atoms with E-state index >= 15 is 0 Å². The normalized spacial score (nSPS) is 17.8. The van der Waals surface area contributed by atoms with E-state index in [1.165, 1.54) is 0 Å². The first-order valence-corrected chi connectivity index (χ1v) is 11.1. The van der Waals surface area contributed by atoms with Crippen LogP contribution < -0.4 is 10.5 Å². The van der Waals surface area contributed by atoms with Gasteiger partial charge in [0.15, 0.2) is 17.2 Å². The van der Waals surface area contributed by atoms with Gasteiger partial charge in [0, 0.05) is 42.4 Å². The van der Waals surface area contributed by atoms with Gasteiger partial charge in [-0.3, -0.25) is 19.1 Å². The quantitative estimate of drug-likeness (QED) is 0.623. The van der Waals surface area contributed by atoms with Crippen LogP contribution in [-0.2, 0) is 5.54 Å². The van der Waals surface area contributed by atoms with Crippen molar-refractivity contribution in [3.05, 3.63) is 47.4 Å². The molecule has 5 rings (SSSR count). The number of nitrogens with two attached hydrogens (primary N) is 1. The molecule has 2 aliphatic rings. The fourth-order valence-corrected chi connectivity index (χ4v) is 4.59. The van der Waals surface area contributed by atoms with Crippen molar-refractivity contribution >= 4 is 28.5 Å². The molecule has 0 atom stereocenters. The number of amides is 2. The first-order valence-electron chi connectivity index (χ1n) is 11.1. The Labute approximate surface area is 190 Å². The van der Waals surface area contributed by atoms with Gasteiger partial charge in [0.2, 0.25) is 0 Å². The number of aromatic nitrogens is 3. The van der Waals surface area contributed by atoms with Crippen molar-refractivity contribution in [2.45, 2.75) is 51.2 Å². The minimum absolute atomic E-state index is 0.0119. The van der Waals surface area contributed by atoms with Gasteiger partial charge < -0.3 is 20.4 Å². The third-order valence-electron chi connectivity index (χ3n) is 6.54. The number of H-pyrrole nitrogens is 1. The largest absolute Gasteiger partial charge is 0.483 e. The van der Waals surface area contributed by atoms with Crippen molar-refractivity contribution in [3.8, 4) is 5.75 Å². The van der Waals surface area contributed by atoms with Crippen molar-refractivity contribution in [2.75, 3.05) is 13.1 Å². The number of piperidine rings is 1. The zero-order valence-electron chi connectivity index (χ0n) is 19.0. The maximum absolute atomic E-state index is 13.1. The minimum atomic E-state index is -0.604. The van der Waals surface area contributed by atoms with Crippen LogP contribution in [0.3, 0.4) is 0 Å². The SMILES string of the molecule is CC(C)(C)n1cc2c(n1)C(=O)CC1(CCN(C(=O)c3ccc4[nH]c(C(N)=O)cc4c3)CC1)O2. The average molecular weight is 450 g/mol. The number of ketones is 1. The number of aromatic amines is 1. The topological polar surface area (TPSA) is 123 Å². The predicted octanol–water partition coefficient (Wildman–Crippen LogP) is 2.86. The molecule has 0 radical (unpaired) electrons. The van der Waals surface area contributed by atoms with Gasteiger partial charge in [-0.1, -0.05) is 0 Å². The number of fused-ring (bicyclic) bond motifs is 2. The van der Waals surface area contributed by atoms with Crippen LogP contribution in [0.1, 0.15) is 71.4 Å². The summed E-state index contributed by atoms with van der Waals surface area (Å²) in [4.78, 5) is 42.1. The third kappa shape index (κ3) is 3.67. The Hall–Kier alpha value is -3.62. The van der Waals surface area contributed by atoms with Gasteiger partial charge in [0.05, 0.1) is 18.2 Å². The number of hydrogen-bond acceptors (Lipinski definition) is 5. The number of ether oxygens (including phenoxy) is 1. The van der Waals surface area contributed by atoms with Gasteiger partial charge in [-0.25, -0.2) is 0 Å². The molecule has 0 saturated carbocycles. The molecule has 9 heteroatoms. The Kier molecular flexibility index (Phi) is 4.63. The number of carbonyl (C=O) groups excluding carboxylic acids is 3. The molecule has 4 heterocycles. The van der Waals surface area contributed by atoms with E-state index in [0.717, 1.165) is 10.9 Å². The van der Waals surface area contributed by atoms with Gasteiger partial charge in [0.25, 0.3) is 11.8 Å². The molecule has 0 bridgehead atoms. The van der Waals surface area contributed by atoms with Crippen LogP contribution in [-0.4, -0.2) is 56.0 Å². The summed E-state index contributed by atoms with van der Waals surface area (Å²) in [6, 6.07) is 6.93. The van der Waals surface area contributed by atoms with Crippen LogP contribution in [0.2, 0.25) is 0 Å². The standard InChI is InChI=1S/C24H27N5O4/c1-23(2,3)29-13-19-20(27-29)18(30)12-24(33-19)6-8-28(9-7-24)22(32)14-4-5-16-15(10-14)11-17(26-16)21(25)31/h4-5,10-11,13,26H,6-9,12H2,1-3H3,(H2,25,31). The van der Waals surface area contributed by atoms with E-state index in [4.69, 9.17) is 10.5 Å². The summed E-state index contributed by atoms with van der Waals surface area (Å²) >= 11 is 0. The molecule has 1 aromatic carbocycles. The molecule has 33 heavy (non-hydrogen) atoms. The highest BCUT2D eigenvalue weighted by Crippen LogP contribution is 2.40. The highest BCUT2D eigenvalue weighted by molar-refractivity contribution is 6.01. The Morgan fingerprint density at radius 3 is 2.58 bits per heavy atom. The number of hydrogen-bond donors (Lipinski definition) is 2. The van der Waals surface area contributed by atoms with E-state index in [0.29, 0.717) is 48.6 Å². The summed E-state index contributed by atoms with van der Waals surface area (Å²) < 4.78 is 8.11. The van der Waals surface area contributed by atoms with Crippen LogP contribution in [0.25, 0.3) is 10.9 Å². The Balaban J connectivity index is 1.31. The molecule has 2 aliphatic heterocycles. The lowest BCUT2D eigenvalue weighted by Gasteiger charge is -2.43. The lowest BCUT2D eigenvalue weighted by molar-refractivity contribution is -0.00586. The molecular formula is C24H27N5O4. The smallest absolute Gasteiger partial charge is 0.265 e. The number of benzene rings is 1. The van der Waals surface area contributed by atoms with Crippen molar-refractivity contribution < 1.29 is 19.1 Å². The first-order chi connectivity index (χ1) is 15.5. The molecule has 3 N–H and O–H groups in total. The fraction of sp³-hybridized carbons (Fsp3) is 0.417. The van der Waals surface area contributed by atoms with E-state index < -0.39 is 11.5 Å². The van der Waals surface area contributed by atoms with Crippen LogP contribution in [0.5, 0.6) is 5.75 Å².